The van der Waals surface area contributed by atoms with Gasteiger partial charge in [-0.2, -0.15) is 0 Å². The van der Waals surface area contributed by atoms with E-state index in [1.807, 2.05) is 12.1 Å². The summed E-state index contributed by atoms with van der Waals surface area (Å²) in [6.07, 6.45) is 4.49. The summed E-state index contributed by atoms with van der Waals surface area (Å²) in [6.45, 7) is 0.618. The molecule has 31 heavy (non-hydrogen) atoms. The van der Waals surface area contributed by atoms with Crippen molar-refractivity contribution in [2.45, 2.75) is 18.0 Å². The van der Waals surface area contributed by atoms with Crippen molar-refractivity contribution in [3.63, 3.8) is 0 Å². The first kappa shape index (κ1) is 20.7. The van der Waals surface area contributed by atoms with E-state index in [4.69, 9.17) is 13.9 Å². The van der Waals surface area contributed by atoms with Crippen LogP contribution in [0.5, 0.6) is 11.5 Å². The number of amides is 1. The van der Waals surface area contributed by atoms with E-state index >= 15 is 0 Å². The third-order valence-electron chi connectivity index (χ3n) is 4.54. The van der Waals surface area contributed by atoms with Gasteiger partial charge < -0.3 is 19.2 Å². The van der Waals surface area contributed by atoms with Crippen LogP contribution in [0.2, 0.25) is 0 Å². The quantitative estimate of drug-likeness (QED) is 0.522. The molecule has 0 bridgehead atoms. The summed E-state index contributed by atoms with van der Waals surface area (Å²) in [5.74, 6) is 1.61. The SMILES string of the molecule is O=C(/C=C/c1ccc(S(=O)(=O)NCc2ccco2)cc1)NCc1ccc2c(c1)OCO2. The Morgan fingerprint density at radius 2 is 1.81 bits per heavy atom. The molecule has 3 aromatic rings. The third-order valence-corrected chi connectivity index (χ3v) is 5.95. The zero-order valence-corrected chi connectivity index (χ0v) is 17.2. The summed E-state index contributed by atoms with van der Waals surface area (Å²) in [5, 5.41) is 2.79. The minimum absolute atomic E-state index is 0.0700. The second kappa shape index (κ2) is 9.07. The average molecular weight is 440 g/mol. The lowest BCUT2D eigenvalue weighted by Crippen LogP contribution is -2.22. The Morgan fingerprint density at radius 1 is 1.00 bits per heavy atom. The molecular formula is C22H20N2O6S. The van der Waals surface area contributed by atoms with Gasteiger partial charge in [-0.25, -0.2) is 13.1 Å². The number of hydrogen-bond acceptors (Lipinski definition) is 6. The zero-order chi connectivity index (χ0) is 21.7. The van der Waals surface area contributed by atoms with Gasteiger partial charge in [-0.3, -0.25) is 4.79 Å². The highest BCUT2D eigenvalue weighted by Gasteiger charge is 2.14. The lowest BCUT2D eigenvalue weighted by molar-refractivity contribution is -0.116. The van der Waals surface area contributed by atoms with Gasteiger partial charge in [0.1, 0.15) is 5.76 Å². The Hall–Kier alpha value is -3.56. The molecule has 160 valence electrons. The van der Waals surface area contributed by atoms with Crippen molar-refractivity contribution in [1.82, 2.24) is 10.0 Å². The molecule has 0 fully saturated rings. The number of carbonyl (C=O) groups excluding carboxylic acids is 1. The molecule has 2 heterocycles. The molecule has 0 saturated carbocycles. The van der Waals surface area contributed by atoms with Crippen LogP contribution in [0.4, 0.5) is 0 Å². The summed E-state index contributed by atoms with van der Waals surface area (Å²) in [4.78, 5) is 12.2. The maximum atomic E-state index is 12.3. The minimum atomic E-state index is -3.66. The molecule has 1 amide bonds. The fraction of sp³-hybridized carbons (Fsp3) is 0.136. The van der Waals surface area contributed by atoms with Crippen molar-refractivity contribution < 1.29 is 27.1 Å². The Kier molecular flexibility index (Phi) is 6.06. The number of nitrogens with one attached hydrogen (secondary N) is 2. The van der Waals surface area contributed by atoms with E-state index in [1.54, 1.807) is 36.4 Å². The number of benzene rings is 2. The average Bonchev–Trinajstić information content (AvgIpc) is 3.46. The van der Waals surface area contributed by atoms with Crippen LogP contribution in [0.3, 0.4) is 0 Å². The fourth-order valence-corrected chi connectivity index (χ4v) is 3.88. The second-order valence-corrected chi connectivity index (χ2v) is 8.48. The molecule has 2 N–H and O–H groups in total. The second-order valence-electron chi connectivity index (χ2n) is 6.71. The van der Waals surface area contributed by atoms with Gasteiger partial charge in [0.15, 0.2) is 11.5 Å². The number of carbonyl (C=O) groups is 1. The van der Waals surface area contributed by atoms with Gasteiger partial charge in [0.25, 0.3) is 0 Å². The lowest BCUT2D eigenvalue weighted by atomic mass is 10.2. The number of rotatable bonds is 8. The number of sulfonamides is 1. The highest BCUT2D eigenvalue weighted by Crippen LogP contribution is 2.32. The van der Waals surface area contributed by atoms with Crippen LogP contribution >= 0.6 is 0 Å². The minimum Gasteiger partial charge on any atom is -0.468 e. The van der Waals surface area contributed by atoms with E-state index in [0.29, 0.717) is 29.4 Å². The van der Waals surface area contributed by atoms with Crippen molar-refractivity contribution in [2.75, 3.05) is 6.79 Å². The first-order valence-corrected chi connectivity index (χ1v) is 10.9. The number of fused-ring (bicyclic) bond motifs is 1. The molecule has 8 nitrogen and oxygen atoms in total. The van der Waals surface area contributed by atoms with Crippen molar-refractivity contribution >= 4 is 22.0 Å². The van der Waals surface area contributed by atoms with Crippen molar-refractivity contribution in [1.29, 1.82) is 0 Å². The van der Waals surface area contributed by atoms with Crippen molar-refractivity contribution in [3.05, 3.63) is 83.8 Å². The smallest absolute Gasteiger partial charge is 0.244 e. The molecule has 4 rings (SSSR count). The molecule has 1 aromatic heterocycles. The van der Waals surface area contributed by atoms with Crippen LogP contribution in [0, 0.1) is 0 Å². The van der Waals surface area contributed by atoms with Crippen LogP contribution in [0.15, 0.2) is 76.2 Å². The highest BCUT2D eigenvalue weighted by molar-refractivity contribution is 7.89. The van der Waals surface area contributed by atoms with Gasteiger partial charge in [0.05, 0.1) is 17.7 Å². The topological polar surface area (TPSA) is 107 Å². The molecule has 0 spiro atoms. The molecule has 2 aromatic carbocycles. The Balaban J connectivity index is 1.30. The molecule has 0 saturated heterocycles. The Morgan fingerprint density at radius 3 is 2.58 bits per heavy atom. The maximum Gasteiger partial charge on any atom is 0.244 e. The standard InChI is InChI=1S/C22H20N2O6S/c25-22(23-13-17-5-9-20-21(12-17)30-15-29-20)10-6-16-3-7-19(8-4-16)31(26,27)24-14-18-2-1-11-28-18/h1-12,24H,13-15H2,(H,23,25)/b10-6+. The summed E-state index contributed by atoms with van der Waals surface area (Å²) in [6, 6.07) is 15.1. The molecular weight excluding hydrogens is 420 g/mol. The fourth-order valence-electron chi connectivity index (χ4n) is 2.89. The van der Waals surface area contributed by atoms with Gasteiger partial charge in [0.2, 0.25) is 22.7 Å². The largest absolute Gasteiger partial charge is 0.468 e. The van der Waals surface area contributed by atoms with E-state index in [2.05, 4.69) is 10.0 Å². The maximum absolute atomic E-state index is 12.3. The normalized spacial score (nSPS) is 12.9. The molecule has 0 aliphatic carbocycles. The molecule has 1 aliphatic heterocycles. The molecule has 0 radical (unpaired) electrons. The van der Waals surface area contributed by atoms with E-state index in [0.717, 1.165) is 5.56 Å². The van der Waals surface area contributed by atoms with Crippen LogP contribution in [-0.2, 0) is 27.9 Å². The van der Waals surface area contributed by atoms with Crippen LogP contribution in [0.1, 0.15) is 16.9 Å². The van der Waals surface area contributed by atoms with Crippen LogP contribution in [-0.4, -0.2) is 21.1 Å². The monoisotopic (exact) mass is 440 g/mol. The Bertz CT molecular complexity index is 1190. The van der Waals surface area contributed by atoms with Crippen LogP contribution in [0.25, 0.3) is 6.08 Å². The predicted octanol–water partition coefficient (Wildman–Crippen LogP) is 2.82. The van der Waals surface area contributed by atoms with Gasteiger partial charge in [-0.15, -0.1) is 0 Å². The van der Waals surface area contributed by atoms with Crippen LogP contribution < -0.4 is 19.5 Å². The van der Waals surface area contributed by atoms with Gasteiger partial charge in [-0.1, -0.05) is 18.2 Å². The lowest BCUT2D eigenvalue weighted by Gasteiger charge is -2.06. The predicted molar refractivity (Wildman–Crippen MR) is 113 cm³/mol. The van der Waals surface area contributed by atoms with Gasteiger partial charge in [0, 0.05) is 12.6 Å². The van der Waals surface area contributed by atoms with Gasteiger partial charge >= 0.3 is 0 Å². The first-order chi connectivity index (χ1) is 15.0. The van der Waals surface area contributed by atoms with Gasteiger partial charge in [-0.05, 0) is 53.6 Å². The van der Waals surface area contributed by atoms with E-state index in [9.17, 15) is 13.2 Å². The van der Waals surface area contributed by atoms with E-state index in [-0.39, 0.29) is 24.1 Å². The summed E-state index contributed by atoms with van der Waals surface area (Å²) in [7, 11) is -3.66. The molecule has 0 unspecified atom stereocenters. The molecule has 0 atom stereocenters. The number of ether oxygens (including phenoxy) is 2. The Labute approximate surface area is 179 Å². The molecule has 9 heteroatoms. The first-order valence-electron chi connectivity index (χ1n) is 9.46. The summed E-state index contributed by atoms with van der Waals surface area (Å²) >= 11 is 0. The zero-order valence-electron chi connectivity index (χ0n) is 16.4. The number of hydrogen-bond donors (Lipinski definition) is 2. The van der Waals surface area contributed by atoms with E-state index < -0.39 is 10.0 Å². The summed E-state index contributed by atoms with van der Waals surface area (Å²) < 4.78 is 42.9. The van der Waals surface area contributed by atoms with Crippen molar-refractivity contribution in [3.8, 4) is 11.5 Å². The van der Waals surface area contributed by atoms with E-state index in [1.165, 1.54) is 24.5 Å². The highest BCUT2D eigenvalue weighted by atomic mass is 32.2. The summed E-state index contributed by atoms with van der Waals surface area (Å²) in [5.41, 5.74) is 1.59. The molecule has 1 aliphatic rings. The van der Waals surface area contributed by atoms with Crippen molar-refractivity contribution in [2.24, 2.45) is 0 Å². The number of furan rings is 1. The third kappa shape index (κ3) is 5.33.